The molecule has 0 aromatic rings. The SMILES string of the molecule is CCC(CC)NC(=O)C(C)N(C)CCCCCN. The van der Waals surface area contributed by atoms with E-state index in [0.29, 0.717) is 6.04 Å². The van der Waals surface area contributed by atoms with E-state index in [2.05, 4.69) is 24.1 Å². The Morgan fingerprint density at radius 3 is 2.33 bits per heavy atom. The number of nitrogens with zero attached hydrogens (tertiary/aromatic N) is 1. The van der Waals surface area contributed by atoms with Crippen LogP contribution in [0.2, 0.25) is 0 Å². The van der Waals surface area contributed by atoms with Gasteiger partial charge in [-0.15, -0.1) is 0 Å². The molecule has 3 N–H and O–H groups in total. The number of likely N-dealkylation sites (N-methyl/N-ethyl adjacent to an activating group) is 1. The zero-order valence-corrected chi connectivity index (χ0v) is 12.5. The first-order chi connectivity index (χ1) is 8.56. The van der Waals surface area contributed by atoms with E-state index in [4.69, 9.17) is 5.73 Å². The number of carbonyl (C=O) groups excluding carboxylic acids is 1. The smallest absolute Gasteiger partial charge is 0.237 e. The molecular weight excluding hydrogens is 226 g/mol. The zero-order valence-electron chi connectivity index (χ0n) is 12.5. The summed E-state index contributed by atoms with van der Waals surface area (Å²) in [6.45, 7) is 7.90. The Morgan fingerprint density at radius 1 is 1.22 bits per heavy atom. The van der Waals surface area contributed by atoms with Crippen molar-refractivity contribution in [2.45, 2.75) is 65.0 Å². The fourth-order valence-corrected chi connectivity index (χ4v) is 1.89. The average Bonchev–Trinajstić information content (AvgIpc) is 2.39. The predicted octanol–water partition coefficient (Wildman–Crippen LogP) is 1.74. The van der Waals surface area contributed by atoms with E-state index in [0.717, 1.165) is 45.2 Å². The molecule has 1 amide bonds. The van der Waals surface area contributed by atoms with Crippen molar-refractivity contribution in [2.75, 3.05) is 20.1 Å². The largest absolute Gasteiger partial charge is 0.352 e. The molecule has 18 heavy (non-hydrogen) atoms. The molecule has 4 heteroatoms. The van der Waals surface area contributed by atoms with Crippen LogP contribution in [-0.2, 0) is 4.79 Å². The second-order valence-corrected chi connectivity index (χ2v) is 5.03. The maximum absolute atomic E-state index is 12.0. The van der Waals surface area contributed by atoms with Crippen molar-refractivity contribution in [3.63, 3.8) is 0 Å². The van der Waals surface area contributed by atoms with Crippen molar-refractivity contribution in [1.82, 2.24) is 10.2 Å². The van der Waals surface area contributed by atoms with E-state index in [1.54, 1.807) is 0 Å². The van der Waals surface area contributed by atoms with Crippen LogP contribution in [0.1, 0.15) is 52.9 Å². The van der Waals surface area contributed by atoms with Crippen LogP contribution < -0.4 is 11.1 Å². The number of amides is 1. The van der Waals surface area contributed by atoms with E-state index in [1.807, 2.05) is 14.0 Å². The van der Waals surface area contributed by atoms with Gasteiger partial charge in [-0.05, 0) is 52.7 Å². The Balaban J connectivity index is 3.95. The van der Waals surface area contributed by atoms with Gasteiger partial charge in [0, 0.05) is 6.04 Å². The molecule has 1 unspecified atom stereocenters. The van der Waals surface area contributed by atoms with Crippen molar-refractivity contribution >= 4 is 5.91 Å². The molecule has 0 saturated heterocycles. The van der Waals surface area contributed by atoms with Crippen molar-refractivity contribution in [2.24, 2.45) is 5.73 Å². The molecule has 0 fully saturated rings. The Kier molecular flexibility index (Phi) is 9.98. The summed E-state index contributed by atoms with van der Waals surface area (Å²) < 4.78 is 0. The molecule has 0 spiro atoms. The van der Waals surface area contributed by atoms with Crippen LogP contribution in [0.25, 0.3) is 0 Å². The van der Waals surface area contributed by atoms with Gasteiger partial charge in [0.2, 0.25) is 5.91 Å². The normalized spacial score (nSPS) is 13.1. The third kappa shape index (κ3) is 6.97. The zero-order chi connectivity index (χ0) is 14.0. The highest BCUT2D eigenvalue weighted by Gasteiger charge is 2.19. The van der Waals surface area contributed by atoms with E-state index in [1.165, 1.54) is 0 Å². The van der Waals surface area contributed by atoms with E-state index in [-0.39, 0.29) is 11.9 Å². The maximum atomic E-state index is 12.0. The summed E-state index contributed by atoms with van der Waals surface area (Å²) in [5.74, 6) is 0.144. The first kappa shape index (κ1) is 17.4. The molecule has 108 valence electrons. The third-order valence-electron chi connectivity index (χ3n) is 3.59. The van der Waals surface area contributed by atoms with Gasteiger partial charge in [0.25, 0.3) is 0 Å². The lowest BCUT2D eigenvalue weighted by Gasteiger charge is -2.26. The van der Waals surface area contributed by atoms with Gasteiger partial charge in [-0.1, -0.05) is 20.3 Å². The molecule has 0 aromatic carbocycles. The van der Waals surface area contributed by atoms with Gasteiger partial charge in [0.05, 0.1) is 6.04 Å². The lowest BCUT2D eigenvalue weighted by Crippen LogP contribution is -2.46. The van der Waals surface area contributed by atoms with Gasteiger partial charge >= 0.3 is 0 Å². The van der Waals surface area contributed by atoms with Gasteiger partial charge in [0.1, 0.15) is 0 Å². The second kappa shape index (κ2) is 10.3. The number of carbonyl (C=O) groups is 1. The Hall–Kier alpha value is -0.610. The Bertz CT molecular complexity index is 217. The van der Waals surface area contributed by atoms with Crippen molar-refractivity contribution in [3.8, 4) is 0 Å². The predicted molar refractivity (Wildman–Crippen MR) is 77.5 cm³/mol. The molecule has 0 bridgehead atoms. The minimum absolute atomic E-state index is 0.0523. The van der Waals surface area contributed by atoms with Crippen LogP contribution in [0, 0.1) is 0 Å². The standard InChI is InChI=1S/C14H31N3O/c1-5-13(6-2)16-14(18)12(3)17(4)11-9-7-8-10-15/h12-13H,5-11,15H2,1-4H3,(H,16,18). The molecule has 0 aromatic heterocycles. The minimum Gasteiger partial charge on any atom is -0.352 e. The van der Waals surface area contributed by atoms with E-state index < -0.39 is 0 Å². The molecule has 0 rings (SSSR count). The first-order valence-electron chi connectivity index (χ1n) is 7.27. The summed E-state index contributed by atoms with van der Waals surface area (Å²) in [7, 11) is 2.01. The summed E-state index contributed by atoms with van der Waals surface area (Å²) in [4.78, 5) is 14.1. The molecule has 0 radical (unpaired) electrons. The Morgan fingerprint density at radius 2 is 1.83 bits per heavy atom. The number of unbranched alkanes of at least 4 members (excludes halogenated alkanes) is 2. The molecule has 1 atom stereocenters. The Labute approximate surface area is 112 Å². The maximum Gasteiger partial charge on any atom is 0.237 e. The van der Waals surface area contributed by atoms with Crippen LogP contribution in [0.4, 0.5) is 0 Å². The topological polar surface area (TPSA) is 58.4 Å². The van der Waals surface area contributed by atoms with Crippen LogP contribution in [0.3, 0.4) is 0 Å². The molecular formula is C14H31N3O. The fraction of sp³-hybridized carbons (Fsp3) is 0.929. The van der Waals surface area contributed by atoms with E-state index in [9.17, 15) is 4.79 Å². The van der Waals surface area contributed by atoms with Crippen LogP contribution in [0.5, 0.6) is 0 Å². The molecule has 0 saturated carbocycles. The summed E-state index contributed by atoms with van der Waals surface area (Å²) in [6, 6.07) is 0.258. The van der Waals surface area contributed by atoms with Gasteiger partial charge in [-0.25, -0.2) is 0 Å². The van der Waals surface area contributed by atoms with Crippen molar-refractivity contribution in [1.29, 1.82) is 0 Å². The van der Waals surface area contributed by atoms with Crippen LogP contribution in [-0.4, -0.2) is 43.0 Å². The number of nitrogens with two attached hydrogens (primary N) is 1. The second-order valence-electron chi connectivity index (χ2n) is 5.03. The van der Waals surface area contributed by atoms with Crippen LogP contribution >= 0.6 is 0 Å². The highest BCUT2D eigenvalue weighted by molar-refractivity contribution is 5.81. The highest BCUT2D eigenvalue weighted by Crippen LogP contribution is 2.03. The van der Waals surface area contributed by atoms with Gasteiger partial charge in [-0.3, -0.25) is 9.69 Å². The summed E-state index contributed by atoms with van der Waals surface area (Å²) in [6.07, 6.45) is 5.31. The lowest BCUT2D eigenvalue weighted by atomic mass is 10.1. The summed E-state index contributed by atoms with van der Waals surface area (Å²) >= 11 is 0. The van der Waals surface area contributed by atoms with Crippen molar-refractivity contribution < 1.29 is 4.79 Å². The quantitative estimate of drug-likeness (QED) is 0.586. The number of rotatable bonds is 10. The molecule has 4 nitrogen and oxygen atoms in total. The van der Waals surface area contributed by atoms with Crippen molar-refractivity contribution in [3.05, 3.63) is 0 Å². The third-order valence-corrected chi connectivity index (χ3v) is 3.59. The van der Waals surface area contributed by atoms with E-state index >= 15 is 0 Å². The molecule has 0 aliphatic carbocycles. The summed E-state index contributed by atoms with van der Waals surface area (Å²) in [5.41, 5.74) is 5.46. The molecule has 0 heterocycles. The van der Waals surface area contributed by atoms with Gasteiger partial charge in [0.15, 0.2) is 0 Å². The summed E-state index contributed by atoms with van der Waals surface area (Å²) in [5, 5.41) is 3.10. The van der Waals surface area contributed by atoms with Gasteiger partial charge in [-0.2, -0.15) is 0 Å². The highest BCUT2D eigenvalue weighted by atomic mass is 16.2. The number of nitrogens with one attached hydrogen (secondary N) is 1. The molecule has 0 aliphatic rings. The first-order valence-corrected chi connectivity index (χ1v) is 7.27. The minimum atomic E-state index is -0.0523. The van der Waals surface area contributed by atoms with Crippen LogP contribution in [0.15, 0.2) is 0 Å². The van der Waals surface area contributed by atoms with Gasteiger partial charge < -0.3 is 11.1 Å². The number of hydrogen-bond acceptors (Lipinski definition) is 3. The molecule has 0 aliphatic heterocycles. The monoisotopic (exact) mass is 257 g/mol. The lowest BCUT2D eigenvalue weighted by molar-refractivity contribution is -0.126. The fourth-order valence-electron chi connectivity index (χ4n) is 1.89. The average molecular weight is 257 g/mol. The number of hydrogen-bond donors (Lipinski definition) is 2.